The summed E-state index contributed by atoms with van der Waals surface area (Å²) in [5.74, 6) is -0.336. The molecule has 1 amide bonds. The summed E-state index contributed by atoms with van der Waals surface area (Å²) in [4.78, 5) is 25.0. The highest BCUT2D eigenvalue weighted by atomic mass is 16.5. The summed E-state index contributed by atoms with van der Waals surface area (Å²) in [6.07, 6.45) is 1.23. The van der Waals surface area contributed by atoms with Crippen molar-refractivity contribution in [3.8, 4) is 0 Å². The third-order valence-electron chi connectivity index (χ3n) is 3.73. The lowest BCUT2D eigenvalue weighted by molar-refractivity contribution is -0.144. The molecule has 22 heavy (non-hydrogen) atoms. The zero-order valence-corrected chi connectivity index (χ0v) is 13.1. The number of carbonyl (C=O) groups excluding carboxylic acids is 2. The van der Waals surface area contributed by atoms with E-state index in [0.717, 1.165) is 29.9 Å². The fourth-order valence-corrected chi connectivity index (χ4v) is 2.54. The number of nitrogens with one attached hydrogen (secondary N) is 1. The van der Waals surface area contributed by atoms with E-state index in [1.54, 1.807) is 6.92 Å². The van der Waals surface area contributed by atoms with E-state index in [2.05, 4.69) is 10.2 Å². The van der Waals surface area contributed by atoms with Crippen molar-refractivity contribution >= 4 is 23.3 Å². The minimum absolute atomic E-state index is 0.0542. The zero-order valence-electron chi connectivity index (χ0n) is 13.1. The Morgan fingerprint density at radius 1 is 1.45 bits per heavy atom. The average Bonchev–Trinajstić information content (AvgIpc) is 2.50. The summed E-state index contributed by atoms with van der Waals surface area (Å²) in [6.45, 7) is 5.34. The number of nitrogens with two attached hydrogens (primary N) is 1. The molecule has 1 aliphatic heterocycles. The first-order chi connectivity index (χ1) is 10.5. The highest BCUT2D eigenvalue weighted by Crippen LogP contribution is 2.31. The molecule has 1 aliphatic rings. The molecule has 2 rings (SSSR count). The monoisotopic (exact) mass is 305 g/mol. The van der Waals surface area contributed by atoms with E-state index in [9.17, 15) is 9.59 Å². The molecule has 0 radical (unpaired) electrons. The molecule has 0 fully saturated rings. The fourth-order valence-electron chi connectivity index (χ4n) is 2.54. The van der Waals surface area contributed by atoms with Crippen LogP contribution in [0.1, 0.15) is 25.8 Å². The SMILES string of the molecule is CCN(CCOC(=O)[C@H](C)N)c1cccc2c1CCC(=O)N2. The smallest absolute Gasteiger partial charge is 0.322 e. The van der Waals surface area contributed by atoms with Gasteiger partial charge in [-0.25, -0.2) is 0 Å². The van der Waals surface area contributed by atoms with Crippen molar-refractivity contribution in [2.24, 2.45) is 5.73 Å². The van der Waals surface area contributed by atoms with E-state index in [0.29, 0.717) is 19.6 Å². The van der Waals surface area contributed by atoms with Crippen molar-refractivity contribution in [1.29, 1.82) is 0 Å². The summed E-state index contributed by atoms with van der Waals surface area (Å²) in [5, 5.41) is 2.90. The number of nitrogens with zero attached hydrogens (tertiary/aromatic N) is 1. The number of anilines is 2. The van der Waals surface area contributed by atoms with Crippen LogP contribution >= 0.6 is 0 Å². The molecule has 1 aromatic carbocycles. The molecule has 0 spiro atoms. The Balaban J connectivity index is 2.06. The Morgan fingerprint density at radius 3 is 2.91 bits per heavy atom. The van der Waals surface area contributed by atoms with Gasteiger partial charge in [-0.15, -0.1) is 0 Å². The number of hydrogen-bond donors (Lipinski definition) is 2. The molecular weight excluding hydrogens is 282 g/mol. The maximum atomic E-state index is 11.5. The van der Waals surface area contributed by atoms with Gasteiger partial charge in [-0.2, -0.15) is 0 Å². The van der Waals surface area contributed by atoms with Gasteiger partial charge >= 0.3 is 5.97 Å². The fraction of sp³-hybridized carbons (Fsp3) is 0.500. The van der Waals surface area contributed by atoms with Gasteiger partial charge in [0.25, 0.3) is 0 Å². The second-order valence-corrected chi connectivity index (χ2v) is 5.39. The lowest BCUT2D eigenvalue weighted by Gasteiger charge is -2.28. The van der Waals surface area contributed by atoms with Crippen LogP contribution in [0.4, 0.5) is 11.4 Å². The van der Waals surface area contributed by atoms with E-state index in [1.165, 1.54) is 0 Å². The van der Waals surface area contributed by atoms with Crippen molar-refractivity contribution in [2.45, 2.75) is 32.7 Å². The predicted octanol–water partition coefficient (Wildman–Crippen LogP) is 1.29. The lowest BCUT2D eigenvalue weighted by Crippen LogP contribution is -2.33. The molecule has 0 unspecified atom stereocenters. The van der Waals surface area contributed by atoms with E-state index in [-0.39, 0.29) is 5.91 Å². The summed E-state index contributed by atoms with van der Waals surface area (Å²) in [7, 11) is 0. The third kappa shape index (κ3) is 3.76. The van der Waals surface area contributed by atoms with Gasteiger partial charge in [-0.05, 0) is 38.0 Å². The van der Waals surface area contributed by atoms with Gasteiger partial charge in [-0.3, -0.25) is 9.59 Å². The molecule has 0 saturated heterocycles. The molecule has 120 valence electrons. The van der Waals surface area contributed by atoms with Crippen LogP contribution in [0.25, 0.3) is 0 Å². The summed E-state index contributed by atoms with van der Waals surface area (Å²) in [5.41, 5.74) is 8.57. The highest BCUT2D eigenvalue weighted by Gasteiger charge is 2.20. The summed E-state index contributed by atoms with van der Waals surface area (Å²) < 4.78 is 5.14. The van der Waals surface area contributed by atoms with Crippen molar-refractivity contribution in [2.75, 3.05) is 29.9 Å². The normalized spacial score (nSPS) is 14.8. The molecule has 1 heterocycles. The highest BCUT2D eigenvalue weighted by molar-refractivity contribution is 5.95. The summed E-state index contributed by atoms with van der Waals surface area (Å²) >= 11 is 0. The number of carbonyl (C=O) groups is 2. The van der Waals surface area contributed by atoms with Crippen LogP contribution in [0.5, 0.6) is 0 Å². The Morgan fingerprint density at radius 2 is 2.23 bits per heavy atom. The third-order valence-corrected chi connectivity index (χ3v) is 3.73. The topological polar surface area (TPSA) is 84.7 Å². The molecular formula is C16H23N3O3. The maximum Gasteiger partial charge on any atom is 0.322 e. The number of benzene rings is 1. The van der Waals surface area contributed by atoms with Crippen LogP contribution in [0.3, 0.4) is 0 Å². The van der Waals surface area contributed by atoms with Crippen molar-refractivity contribution in [1.82, 2.24) is 0 Å². The molecule has 0 aromatic heterocycles. The first-order valence-electron chi connectivity index (χ1n) is 7.61. The average molecular weight is 305 g/mol. The zero-order chi connectivity index (χ0) is 16.1. The standard InChI is InChI=1S/C16H23N3O3/c1-3-19(9-10-22-16(21)11(2)17)14-6-4-5-13-12(14)7-8-15(20)18-13/h4-6,11H,3,7-10,17H2,1-2H3,(H,18,20)/t11-/m0/s1. The van der Waals surface area contributed by atoms with E-state index >= 15 is 0 Å². The minimum atomic E-state index is -0.602. The van der Waals surface area contributed by atoms with E-state index in [1.807, 2.05) is 25.1 Å². The molecule has 0 saturated carbocycles. The number of likely N-dealkylation sites (N-methyl/N-ethyl adjacent to an activating group) is 1. The number of ether oxygens (including phenoxy) is 1. The molecule has 3 N–H and O–H groups in total. The second kappa shape index (κ2) is 7.26. The van der Waals surface area contributed by atoms with Gasteiger partial charge in [0.15, 0.2) is 0 Å². The van der Waals surface area contributed by atoms with Crippen LogP contribution in [-0.2, 0) is 20.7 Å². The number of hydrogen-bond acceptors (Lipinski definition) is 5. The first-order valence-corrected chi connectivity index (χ1v) is 7.61. The van der Waals surface area contributed by atoms with Crippen LogP contribution in [0, 0.1) is 0 Å². The van der Waals surface area contributed by atoms with Gasteiger partial charge in [0.2, 0.25) is 5.91 Å². The second-order valence-electron chi connectivity index (χ2n) is 5.39. The predicted molar refractivity (Wildman–Crippen MR) is 85.9 cm³/mol. The van der Waals surface area contributed by atoms with Gasteiger partial charge in [-0.1, -0.05) is 6.07 Å². The number of esters is 1. The minimum Gasteiger partial charge on any atom is -0.463 e. The van der Waals surface area contributed by atoms with Gasteiger partial charge in [0.05, 0.1) is 6.54 Å². The van der Waals surface area contributed by atoms with Crippen LogP contribution in [0.2, 0.25) is 0 Å². The van der Waals surface area contributed by atoms with Gasteiger partial charge in [0, 0.05) is 24.3 Å². The van der Waals surface area contributed by atoms with E-state index < -0.39 is 12.0 Å². The lowest BCUT2D eigenvalue weighted by atomic mass is 10.00. The first kappa shape index (κ1) is 16.3. The van der Waals surface area contributed by atoms with Gasteiger partial charge in [0.1, 0.15) is 12.6 Å². The van der Waals surface area contributed by atoms with Crippen molar-refractivity contribution in [3.63, 3.8) is 0 Å². The molecule has 6 heteroatoms. The quantitative estimate of drug-likeness (QED) is 0.774. The molecule has 6 nitrogen and oxygen atoms in total. The van der Waals surface area contributed by atoms with Crippen molar-refractivity contribution in [3.05, 3.63) is 23.8 Å². The molecule has 1 atom stereocenters. The Labute approximate surface area is 130 Å². The number of fused-ring (bicyclic) bond motifs is 1. The molecule has 0 bridgehead atoms. The number of rotatable bonds is 6. The maximum absolute atomic E-state index is 11.5. The van der Waals surface area contributed by atoms with Gasteiger partial charge < -0.3 is 20.7 Å². The van der Waals surface area contributed by atoms with Crippen LogP contribution in [-0.4, -0.2) is 37.6 Å². The van der Waals surface area contributed by atoms with Crippen molar-refractivity contribution < 1.29 is 14.3 Å². The largest absolute Gasteiger partial charge is 0.463 e. The van der Waals surface area contributed by atoms with E-state index in [4.69, 9.17) is 10.5 Å². The molecule has 0 aliphatic carbocycles. The molecule has 1 aromatic rings. The number of amides is 1. The summed E-state index contributed by atoms with van der Waals surface area (Å²) in [6, 6.07) is 5.28. The van der Waals surface area contributed by atoms with Crippen LogP contribution in [0.15, 0.2) is 18.2 Å². The Hall–Kier alpha value is -2.08. The Bertz CT molecular complexity index is 558. The Kier molecular flexibility index (Phi) is 5.38. The van der Waals surface area contributed by atoms with Crippen LogP contribution < -0.4 is 16.0 Å².